The maximum Gasteiger partial charge on any atom is 0.219 e. The van der Waals surface area contributed by atoms with Gasteiger partial charge in [0.1, 0.15) is 0 Å². The van der Waals surface area contributed by atoms with Crippen LogP contribution >= 0.6 is 15.9 Å². The van der Waals surface area contributed by atoms with Gasteiger partial charge >= 0.3 is 0 Å². The van der Waals surface area contributed by atoms with E-state index in [2.05, 4.69) is 15.9 Å². The SMILES string of the molecule is CC(=O)N(CCCBr)C1CCC1. The molecule has 1 aliphatic rings. The molecule has 1 saturated carbocycles. The van der Waals surface area contributed by atoms with Crippen molar-refractivity contribution in [3.05, 3.63) is 0 Å². The van der Waals surface area contributed by atoms with E-state index in [0.717, 1.165) is 18.3 Å². The molecule has 0 spiro atoms. The summed E-state index contributed by atoms with van der Waals surface area (Å²) in [6.45, 7) is 2.60. The van der Waals surface area contributed by atoms with Crippen molar-refractivity contribution >= 4 is 21.8 Å². The molecule has 1 amide bonds. The third kappa shape index (κ3) is 2.47. The quantitative estimate of drug-likeness (QED) is 0.682. The number of rotatable bonds is 4. The van der Waals surface area contributed by atoms with Gasteiger partial charge in [0.25, 0.3) is 0 Å². The molecule has 0 heterocycles. The number of amides is 1. The second kappa shape index (κ2) is 4.85. The van der Waals surface area contributed by atoms with Crippen molar-refractivity contribution in [2.24, 2.45) is 0 Å². The predicted molar refractivity (Wildman–Crippen MR) is 53.4 cm³/mol. The first-order valence-corrected chi connectivity index (χ1v) is 5.71. The van der Waals surface area contributed by atoms with Gasteiger partial charge in [-0.25, -0.2) is 0 Å². The van der Waals surface area contributed by atoms with E-state index in [4.69, 9.17) is 0 Å². The summed E-state index contributed by atoms with van der Waals surface area (Å²) in [5.41, 5.74) is 0. The highest BCUT2D eigenvalue weighted by atomic mass is 79.9. The summed E-state index contributed by atoms with van der Waals surface area (Å²) < 4.78 is 0. The Labute approximate surface area is 82.4 Å². The van der Waals surface area contributed by atoms with Crippen molar-refractivity contribution in [2.45, 2.75) is 38.6 Å². The van der Waals surface area contributed by atoms with Crippen molar-refractivity contribution in [2.75, 3.05) is 11.9 Å². The van der Waals surface area contributed by atoms with Crippen LogP contribution in [0.3, 0.4) is 0 Å². The van der Waals surface area contributed by atoms with Gasteiger partial charge in [-0.15, -0.1) is 0 Å². The molecule has 0 saturated heterocycles. The summed E-state index contributed by atoms with van der Waals surface area (Å²) in [6, 6.07) is 0.557. The van der Waals surface area contributed by atoms with Crippen molar-refractivity contribution in [3.63, 3.8) is 0 Å². The van der Waals surface area contributed by atoms with Crippen LogP contribution in [0.2, 0.25) is 0 Å². The predicted octanol–water partition coefficient (Wildman–Crippen LogP) is 2.17. The van der Waals surface area contributed by atoms with Gasteiger partial charge in [-0.2, -0.15) is 0 Å². The zero-order chi connectivity index (χ0) is 8.97. The lowest BCUT2D eigenvalue weighted by molar-refractivity contribution is -0.132. The second-order valence-electron chi connectivity index (χ2n) is 3.34. The van der Waals surface area contributed by atoms with Crippen LogP contribution in [0, 0.1) is 0 Å². The van der Waals surface area contributed by atoms with Gasteiger partial charge in [-0.05, 0) is 25.7 Å². The van der Waals surface area contributed by atoms with Crippen LogP contribution in [0.15, 0.2) is 0 Å². The van der Waals surface area contributed by atoms with E-state index in [1.54, 1.807) is 6.92 Å². The molecule has 0 atom stereocenters. The molecule has 2 nitrogen and oxygen atoms in total. The lowest BCUT2D eigenvalue weighted by Gasteiger charge is -2.36. The first-order chi connectivity index (χ1) is 5.75. The summed E-state index contributed by atoms with van der Waals surface area (Å²) in [5.74, 6) is 0.237. The first-order valence-electron chi connectivity index (χ1n) is 4.59. The third-order valence-corrected chi connectivity index (χ3v) is 3.01. The van der Waals surface area contributed by atoms with Gasteiger partial charge in [0, 0.05) is 24.8 Å². The zero-order valence-corrected chi connectivity index (χ0v) is 9.14. The molecule has 0 N–H and O–H groups in total. The number of hydrogen-bond donors (Lipinski definition) is 0. The van der Waals surface area contributed by atoms with Crippen LogP contribution in [0.4, 0.5) is 0 Å². The molecule has 0 aromatic rings. The summed E-state index contributed by atoms with van der Waals surface area (Å²) in [7, 11) is 0. The summed E-state index contributed by atoms with van der Waals surface area (Å²) in [5, 5.41) is 0.990. The molecule has 0 aromatic carbocycles. The van der Waals surface area contributed by atoms with E-state index >= 15 is 0 Å². The van der Waals surface area contributed by atoms with Crippen LogP contribution in [0.25, 0.3) is 0 Å². The van der Waals surface area contributed by atoms with E-state index in [1.165, 1.54) is 19.3 Å². The molecular formula is C9H16BrNO. The Morgan fingerprint density at radius 2 is 2.25 bits per heavy atom. The number of carbonyl (C=O) groups is 1. The van der Waals surface area contributed by atoms with E-state index in [1.807, 2.05) is 4.90 Å². The van der Waals surface area contributed by atoms with Crippen LogP contribution in [0.5, 0.6) is 0 Å². The molecule has 1 aliphatic carbocycles. The Hall–Kier alpha value is -0.0500. The Morgan fingerprint density at radius 1 is 1.58 bits per heavy atom. The molecule has 3 heteroatoms. The molecule has 0 aromatic heterocycles. The van der Waals surface area contributed by atoms with E-state index in [9.17, 15) is 4.79 Å². The summed E-state index contributed by atoms with van der Waals surface area (Å²) >= 11 is 3.38. The molecule has 0 radical (unpaired) electrons. The molecule has 0 unspecified atom stereocenters. The Morgan fingerprint density at radius 3 is 2.58 bits per heavy atom. The van der Waals surface area contributed by atoms with Crippen LogP contribution < -0.4 is 0 Å². The van der Waals surface area contributed by atoms with Gasteiger partial charge < -0.3 is 4.90 Å². The second-order valence-corrected chi connectivity index (χ2v) is 4.13. The zero-order valence-electron chi connectivity index (χ0n) is 7.55. The monoisotopic (exact) mass is 233 g/mol. The van der Waals surface area contributed by atoms with E-state index < -0.39 is 0 Å². The molecule has 1 rings (SSSR count). The van der Waals surface area contributed by atoms with E-state index in [0.29, 0.717) is 6.04 Å². The van der Waals surface area contributed by atoms with Gasteiger partial charge in [0.05, 0.1) is 0 Å². The number of hydrogen-bond acceptors (Lipinski definition) is 1. The molecular weight excluding hydrogens is 218 g/mol. The average Bonchev–Trinajstić information content (AvgIpc) is 1.93. The topological polar surface area (TPSA) is 20.3 Å². The third-order valence-electron chi connectivity index (χ3n) is 2.45. The number of carbonyl (C=O) groups excluding carboxylic acids is 1. The van der Waals surface area contributed by atoms with Crippen LogP contribution in [-0.4, -0.2) is 28.7 Å². The van der Waals surface area contributed by atoms with Gasteiger partial charge in [-0.1, -0.05) is 15.9 Å². The highest BCUT2D eigenvalue weighted by molar-refractivity contribution is 9.09. The fourth-order valence-corrected chi connectivity index (χ4v) is 1.78. The van der Waals surface area contributed by atoms with Gasteiger partial charge in [-0.3, -0.25) is 4.79 Å². The molecule has 12 heavy (non-hydrogen) atoms. The number of halogens is 1. The molecule has 1 fully saturated rings. The standard InChI is InChI=1S/C9H16BrNO/c1-8(12)11(7-3-6-10)9-4-2-5-9/h9H,2-7H2,1H3. The minimum Gasteiger partial charge on any atom is -0.340 e. The van der Waals surface area contributed by atoms with Crippen LogP contribution in [0.1, 0.15) is 32.6 Å². The van der Waals surface area contributed by atoms with Gasteiger partial charge in [0.2, 0.25) is 5.91 Å². The minimum atomic E-state index is 0.237. The fraction of sp³-hybridized carbons (Fsp3) is 0.889. The highest BCUT2D eigenvalue weighted by Gasteiger charge is 2.25. The number of alkyl halides is 1. The van der Waals surface area contributed by atoms with Crippen molar-refractivity contribution in [1.29, 1.82) is 0 Å². The highest BCUT2D eigenvalue weighted by Crippen LogP contribution is 2.24. The Bertz CT molecular complexity index is 157. The Kier molecular flexibility index (Phi) is 4.06. The molecule has 0 bridgehead atoms. The minimum absolute atomic E-state index is 0.237. The fourth-order valence-electron chi connectivity index (χ4n) is 1.53. The number of nitrogens with zero attached hydrogens (tertiary/aromatic N) is 1. The maximum atomic E-state index is 11.2. The molecule has 0 aliphatic heterocycles. The largest absolute Gasteiger partial charge is 0.340 e. The van der Waals surface area contributed by atoms with E-state index in [-0.39, 0.29) is 5.91 Å². The lowest BCUT2D eigenvalue weighted by atomic mass is 9.91. The normalized spacial score (nSPS) is 17.2. The Balaban J connectivity index is 2.32. The van der Waals surface area contributed by atoms with Crippen LogP contribution in [-0.2, 0) is 4.79 Å². The van der Waals surface area contributed by atoms with Crippen molar-refractivity contribution in [3.8, 4) is 0 Å². The first kappa shape index (κ1) is 10.0. The summed E-state index contributed by atoms with van der Waals surface area (Å²) in [6.07, 6.45) is 4.78. The lowest BCUT2D eigenvalue weighted by Crippen LogP contribution is -2.43. The van der Waals surface area contributed by atoms with Crippen molar-refractivity contribution < 1.29 is 4.79 Å². The van der Waals surface area contributed by atoms with Crippen molar-refractivity contribution in [1.82, 2.24) is 4.90 Å². The van der Waals surface area contributed by atoms with Gasteiger partial charge in [0.15, 0.2) is 0 Å². The summed E-state index contributed by atoms with van der Waals surface area (Å²) in [4.78, 5) is 13.2. The maximum absolute atomic E-state index is 11.2. The molecule has 70 valence electrons. The average molecular weight is 234 g/mol. The smallest absolute Gasteiger partial charge is 0.219 e.